The molecule has 0 unspecified atom stereocenters. The van der Waals surface area contributed by atoms with Gasteiger partial charge in [0.05, 0.1) is 12.1 Å². The van der Waals surface area contributed by atoms with Crippen LogP contribution in [0.2, 0.25) is 0 Å². The van der Waals surface area contributed by atoms with Crippen LogP contribution in [0.15, 0.2) is 65.1 Å². The Morgan fingerprint density at radius 2 is 1.60 bits per heavy atom. The summed E-state index contributed by atoms with van der Waals surface area (Å²) in [5.74, 6) is -2.76. The van der Waals surface area contributed by atoms with E-state index in [1.807, 2.05) is 45.0 Å². The van der Waals surface area contributed by atoms with Crippen LogP contribution in [0, 0.1) is 11.6 Å². The lowest BCUT2D eigenvalue weighted by Crippen LogP contribution is -2.49. The summed E-state index contributed by atoms with van der Waals surface area (Å²) in [5, 5.41) is 27.5. The average Bonchev–Trinajstić information content (AvgIpc) is 2.94. The van der Waals surface area contributed by atoms with Crippen LogP contribution in [0.3, 0.4) is 0 Å². The molecule has 0 radical (unpaired) electrons. The van der Waals surface area contributed by atoms with Crippen LogP contribution in [0.1, 0.15) is 71.5 Å². The van der Waals surface area contributed by atoms with Gasteiger partial charge in [0, 0.05) is 47.3 Å². The van der Waals surface area contributed by atoms with Gasteiger partial charge in [0.2, 0.25) is 0 Å². The van der Waals surface area contributed by atoms with Crippen molar-refractivity contribution < 1.29 is 28.6 Å². The Morgan fingerprint density at radius 1 is 0.952 bits per heavy atom. The van der Waals surface area contributed by atoms with Crippen LogP contribution >= 0.6 is 15.9 Å². The number of aromatic hydroxyl groups is 1. The maximum atomic E-state index is 14.0. The zero-order valence-electron chi connectivity index (χ0n) is 24.0. The molecule has 3 aromatic carbocycles. The lowest BCUT2D eigenvalue weighted by Gasteiger charge is -2.27. The van der Waals surface area contributed by atoms with Crippen molar-refractivity contribution in [3.05, 3.63) is 99.0 Å². The predicted octanol–water partition coefficient (Wildman–Crippen LogP) is 5.75. The Balaban J connectivity index is 1.83. The first-order valence-electron chi connectivity index (χ1n) is 14.1. The molecular weight excluding hydrogens is 608 g/mol. The normalized spacial score (nSPS) is 13.3. The molecule has 226 valence electrons. The number of halogens is 3. The van der Waals surface area contributed by atoms with Crippen LogP contribution in [0.4, 0.5) is 8.78 Å². The van der Waals surface area contributed by atoms with E-state index in [2.05, 4.69) is 26.6 Å². The molecule has 0 spiro atoms. The van der Waals surface area contributed by atoms with E-state index < -0.39 is 29.7 Å². The maximum Gasteiger partial charge on any atom is 0.254 e. The van der Waals surface area contributed by atoms with Gasteiger partial charge in [-0.3, -0.25) is 9.59 Å². The second kappa shape index (κ2) is 15.8. The van der Waals surface area contributed by atoms with Crippen molar-refractivity contribution in [1.82, 2.24) is 15.5 Å². The Morgan fingerprint density at radius 3 is 2.21 bits per heavy atom. The molecule has 0 aliphatic heterocycles. The number of nitrogens with one attached hydrogen (secondary N) is 2. The van der Waals surface area contributed by atoms with Gasteiger partial charge in [0.15, 0.2) is 0 Å². The van der Waals surface area contributed by atoms with Gasteiger partial charge < -0.3 is 25.7 Å². The Hall–Kier alpha value is -3.34. The number of carbonyl (C=O) groups is 2. The third-order valence-electron chi connectivity index (χ3n) is 6.84. The molecule has 7 nitrogen and oxygen atoms in total. The predicted molar refractivity (Wildman–Crippen MR) is 162 cm³/mol. The van der Waals surface area contributed by atoms with Gasteiger partial charge in [-0.15, -0.1) is 0 Å². The van der Waals surface area contributed by atoms with E-state index in [9.17, 15) is 28.6 Å². The number of aliphatic hydroxyl groups is 1. The van der Waals surface area contributed by atoms with E-state index in [1.165, 1.54) is 18.2 Å². The minimum absolute atomic E-state index is 0.0179. The Kier molecular flexibility index (Phi) is 12.4. The van der Waals surface area contributed by atoms with Crippen molar-refractivity contribution in [2.45, 2.75) is 58.2 Å². The number of amides is 2. The van der Waals surface area contributed by atoms with Crippen molar-refractivity contribution in [3.8, 4) is 5.75 Å². The quantitative estimate of drug-likeness (QED) is 0.179. The van der Waals surface area contributed by atoms with Crippen LogP contribution in [0.5, 0.6) is 5.75 Å². The smallest absolute Gasteiger partial charge is 0.254 e. The number of nitrogens with zero attached hydrogens (tertiary/aromatic N) is 1. The fraction of sp³-hybridized carbons (Fsp3) is 0.375. The molecular formula is C32H38BrF2N3O4. The first-order chi connectivity index (χ1) is 20.0. The molecule has 0 saturated heterocycles. The van der Waals surface area contributed by atoms with Gasteiger partial charge in [0.1, 0.15) is 17.4 Å². The summed E-state index contributed by atoms with van der Waals surface area (Å²) >= 11 is 3.45. The summed E-state index contributed by atoms with van der Waals surface area (Å²) in [7, 11) is 0. The van der Waals surface area contributed by atoms with Crippen LogP contribution in [0.25, 0.3) is 0 Å². The summed E-state index contributed by atoms with van der Waals surface area (Å²) in [4.78, 5) is 28.2. The van der Waals surface area contributed by atoms with Gasteiger partial charge in [0.25, 0.3) is 11.8 Å². The highest BCUT2D eigenvalue weighted by Crippen LogP contribution is 2.20. The van der Waals surface area contributed by atoms with Crippen molar-refractivity contribution in [1.29, 1.82) is 0 Å². The van der Waals surface area contributed by atoms with Gasteiger partial charge in [-0.25, -0.2) is 8.78 Å². The number of carbonyl (C=O) groups excluding carboxylic acids is 2. The fourth-order valence-electron chi connectivity index (χ4n) is 4.75. The summed E-state index contributed by atoms with van der Waals surface area (Å²) < 4.78 is 28.8. The zero-order chi connectivity index (χ0) is 30.8. The highest BCUT2D eigenvalue weighted by Gasteiger charge is 2.25. The third-order valence-corrected chi connectivity index (χ3v) is 7.34. The number of hydrogen-bond donors (Lipinski definition) is 4. The lowest BCUT2D eigenvalue weighted by atomic mass is 9.99. The van der Waals surface area contributed by atoms with Gasteiger partial charge in [-0.1, -0.05) is 41.9 Å². The number of phenols is 1. The molecule has 0 fully saturated rings. The average molecular weight is 647 g/mol. The third kappa shape index (κ3) is 9.61. The molecule has 10 heteroatoms. The summed E-state index contributed by atoms with van der Waals surface area (Å²) in [6, 6.07) is 13.6. The van der Waals surface area contributed by atoms with E-state index in [1.54, 1.807) is 4.90 Å². The molecule has 0 aliphatic rings. The van der Waals surface area contributed by atoms with Gasteiger partial charge in [-0.05, 0) is 79.8 Å². The van der Waals surface area contributed by atoms with Crippen molar-refractivity contribution in [2.75, 3.05) is 19.6 Å². The molecule has 4 N–H and O–H groups in total. The number of benzene rings is 3. The first kappa shape index (κ1) is 33.2. The largest absolute Gasteiger partial charge is 0.508 e. The van der Waals surface area contributed by atoms with Gasteiger partial charge >= 0.3 is 0 Å². The molecule has 0 heterocycles. The number of phenolic OH excluding ortho intramolecular Hbond substituents is 1. The zero-order valence-corrected chi connectivity index (χ0v) is 25.6. The van der Waals surface area contributed by atoms with Crippen LogP contribution < -0.4 is 10.6 Å². The highest BCUT2D eigenvalue weighted by molar-refractivity contribution is 9.10. The molecule has 0 saturated carbocycles. The lowest BCUT2D eigenvalue weighted by molar-refractivity contribution is 0.0755. The SMILES string of the molecule is CCCN(CCC)C(=O)c1cc(O)cc(C(=O)N[C@@H](Cc2cc(F)cc(F)c2)[C@H](O)CN[C@H](C)c2cccc(Br)c2)c1. The molecule has 3 aromatic rings. The maximum absolute atomic E-state index is 14.0. The number of rotatable bonds is 14. The van der Waals surface area contributed by atoms with Crippen molar-refractivity contribution in [3.63, 3.8) is 0 Å². The molecule has 0 aliphatic carbocycles. The van der Waals surface area contributed by atoms with E-state index in [-0.39, 0.29) is 47.4 Å². The van der Waals surface area contributed by atoms with Crippen molar-refractivity contribution in [2.24, 2.45) is 0 Å². The monoisotopic (exact) mass is 645 g/mol. The van der Waals surface area contributed by atoms with E-state index in [4.69, 9.17) is 0 Å². The second-order valence-electron chi connectivity index (χ2n) is 10.4. The molecule has 3 rings (SSSR count). The topological polar surface area (TPSA) is 102 Å². The van der Waals surface area contributed by atoms with Crippen molar-refractivity contribution >= 4 is 27.7 Å². The van der Waals surface area contributed by atoms with Gasteiger partial charge in [-0.2, -0.15) is 0 Å². The van der Waals surface area contributed by atoms with Crippen LogP contribution in [-0.2, 0) is 6.42 Å². The van der Waals surface area contributed by atoms with Crippen LogP contribution in [-0.4, -0.2) is 58.7 Å². The molecule has 0 aromatic heterocycles. The van der Waals surface area contributed by atoms with E-state index in [0.29, 0.717) is 13.1 Å². The minimum atomic E-state index is -1.15. The standard InChI is InChI=1S/C32H38BrF2N3O4/c1-4-9-38(10-5-2)32(42)24-14-23(16-28(39)17-24)31(41)37-29(13-21-11-26(34)18-27(35)12-21)30(40)19-36-20(3)22-7-6-8-25(33)15-22/h6-8,11-12,14-18,20,29-30,36,39-40H,4-5,9-10,13,19H2,1-3H3,(H,37,41)/t20-,29+,30-/m1/s1. The minimum Gasteiger partial charge on any atom is -0.508 e. The van der Waals surface area contributed by atoms with E-state index >= 15 is 0 Å². The second-order valence-corrected chi connectivity index (χ2v) is 11.3. The summed E-state index contributed by atoms with van der Waals surface area (Å²) in [6.07, 6.45) is 0.288. The number of aliphatic hydroxyl groups excluding tert-OH is 1. The molecule has 0 bridgehead atoms. The highest BCUT2D eigenvalue weighted by atomic mass is 79.9. The molecule has 42 heavy (non-hydrogen) atoms. The van der Waals surface area contributed by atoms with E-state index in [0.717, 1.165) is 41.1 Å². The Labute approximate surface area is 254 Å². The molecule has 2 amide bonds. The summed E-state index contributed by atoms with van der Waals surface area (Å²) in [5.41, 5.74) is 1.40. The first-order valence-corrected chi connectivity index (χ1v) is 14.9. The fourth-order valence-corrected chi connectivity index (χ4v) is 5.17. The Bertz CT molecular complexity index is 1350. The summed E-state index contributed by atoms with van der Waals surface area (Å²) in [6.45, 7) is 6.98. The number of hydrogen-bond acceptors (Lipinski definition) is 5. The molecule has 3 atom stereocenters.